The zero-order valence-electron chi connectivity index (χ0n) is 18.3. The van der Waals surface area contributed by atoms with Crippen LogP contribution in [0.15, 0.2) is 66.7 Å². The van der Waals surface area contributed by atoms with Gasteiger partial charge in [-0.2, -0.15) is 0 Å². The van der Waals surface area contributed by atoms with Crippen molar-refractivity contribution in [3.8, 4) is 17.2 Å². The number of phenolic OH excluding ortho intramolecular Hbond substituents is 1. The Balaban J connectivity index is 1.41. The lowest BCUT2D eigenvalue weighted by Crippen LogP contribution is -2.45. The summed E-state index contributed by atoms with van der Waals surface area (Å²) in [6, 6.07) is 20.0. The molecule has 2 heterocycles. The van der Waals surface area contributed by atoms with E-state index in [2.05, 4.69) is 24.0 Å². The van der Waals surface area contributed by atoms with Crippen LogP contribution in [0.25, 0.3) is 10.1 Å². The highest BCUT2D eigenvalue weighted by atomic mass is 35.5. The molecular formula is C27H24ClNO3S. The molecule has 0 atom stereocenters. The fraction of sp³-hybridized carbons (Fsp3) is 0.222. The molecule has 168 valence electrons. The van der Waals surface area contributed by atoms with E-state index in [1.165, 1.54) is 30.0 Å². The van der Waals surface area contributed by atoms with Crippen LogP contribution in [0.2, 0.25) is 5.02 Å². The summed E-state index contributed by atoms with van der Waals surface area (Å²) in [5, 5.41) is 11.3. The molecule has 5 rings (SSSR count). The third kappa shape index (κ3) is 4.76. The first kappa shape index (κ1) is 22.0. The molecule has 0 radical (unpaired) electrons. The summed E-state index contributed by atoms with van der Waals surface area (Å²) in [6.45, 7) is 5.73. The van der Waals surface area contributed by atoms with E-state index < -0.39 is 0 Å². The standard InChI is InChI=1S/C27H24ClNO3S/c1-17-15-29(16-17)13-12-18-2-9-22(10-3-18)32-26-23-11-8-21(30)14-24(23)33-27(26)25(31)19-4-6-20(28)7-5-19/h2-11,14,17,30H,12-13,15-16H2,1H3. The van der Waals surface area contributed by atoms with Gasteiger partial charge in [-0.15, -0.1) is 11.3 Å². The number of likely N-dealkylation sites (tertiary alicyclic amines) is 1. The largest absolute Gasteiger partial charge is 0.508 e. The lowest BCUT2D eigenvalue weighted by atomic mass is 10.0. The van der Waals surface area contributed by atoms with E-state index >= 15 is 0 Å². The van der Waals surface area contributed by atoms with Gasteiger partial charge in [0.1, 0.15) is 16.4 Å². The van der Waals surface area contributed by atoms with E-state index in [1.807, 2.05) is 12.1 Å². The molecule has 1 fully saturated rings. The number of fused-ring (bicyclic) bond motifs is 1. The van der Waals surface area contributed by atoms with Crippen LogP contribution in [-0.4, -0.2) is 35.4 Å². The number of rotatable bonds is 7. The second-order valence-corrected chi connectivity index (χ2v) is 10.1. The monoisotopic (exact) mass is 477 g/mol. The zero-order chi connectivity index (χ0) is 22.9. The average molecular weight is 478 g/mol. The molecule has 3 aromatic carbocycles. The molecule has 0 aliphatic carbocycles. The third-order valence-electron chi connectivity index (χ3n) is 5.94. The molecule has 0 spiro atoms. The highest BCUT2D eigenvalue weighted by molar-refractivity contribution is 7.21. The Kier molecular flexibility index (Phi) is 6.11. The van der Waals surface area contributed by atoms with Crippen molar-refractivity contribution in [2.75, 3.05) is 19.6 Å². The molecule has 0 bridgehead atoms. The lowest BCUT2D eigenvalue weighted by Gasteiger charge is -2.37. The summed E-state index contributed by atoms with van der Waals surface area (Å²) in [4.78, 5) is 16.3. The first-order chi connectivity index (χ1) is 16.0. The van der Waals surface area contributed by atoms with Crippen molar-refractivity contribution in [1.82, 2.24) is 4.90 Å². The third-order valence-corrected chi connectivity index (χ3v) is 7.32. The normalized spacial score (nSPS) is 14.4. The number of ketones is 1. The smallest absolute Gasteiger partial charge is 0.206 e. The topological polar surface area (TPSA) is 49.8 Å². The van der Waals surface area contributed by atoms with E-state index in [0.717, 1.165) is 29.0 Å². The van der Waals surface area contributed by atoms with Gasteiger partial charge in [0, 0.05) is 40.3 Å². The zero-order valence-corrected chi connectivity index (χ0v) is 19.8. The van der Waals surface area contributed by atoms with Crippen LogP contribution in [0.5, 0.6) is 17.2 Å². The Morgan fingerprint density at radius 3 is 2.52 bits per heavy atom. The minimum Gasteiger partial charge on any atom is -0.508 e. The number of thiophene rings is 1. The van der Waals surface area contributed by atoms with Crippen LogP contribution in [0.4, 0.5) is 0 Å². The molecule has 1 N–H and O–H groups in total. The maximum atomic E-state index is 13.3. The molecule has 1 aromatic heterocycles. The summed E-state index contributed by atoms with van der Waals surface area (Å²) in [7, 11) is 0. The van der Waals surface area contributed by atoms with Crippen LogP contribution in [-0.2, 0) is 6.42 Å². The molecule has 0 unspecified atom stereocenters. The molecule has 6 heteroatoms. The fourth-order valence-electron chi connectivity index (χ4n) is 4.18. The molecular weight excluding hydrogens is 454 g/mol. The van der Waals surface area contributed by atoms with Crippen LogP contribution in [0.1, 0.15) is 27.7 Å². The van der Waals surface area contributed by atoms with Gasteiger partial charge in [-0.3, -0.25) is 4.79 Å². The summed E-state index contributed by atoms with van der Waals surface area (Å²) >= 11 is 7.30. The molecule has 1 saturated heterocycles. The first-order valence-electron chi connectivity index (χ1n) is 11.0. The fourth-order valence-corrected chi connectivity index (χ4v) is 5.44. The molecule has 1 aliphatic rings. The van der Waals surface area contributed by atoms with Crippen LogP contribution in [0, 0.1) is 5.92 Å². The Morgan fingerprint density at radius 1 is 1.09 bits per heavy atom. The predicted molar refractivity (Wildman–Crippen MR) is 134 cm³/mol. The number of hydrogen-bond donors (Lipinski definition) is 1. The SMILES string of the molecule is CC1CN(CCc2ccc(Oc3c(C(=O)c4ccc(Cl)cc4)sc4cc(O)ccc34)cc2)C1. The van der Waals surface area contributed by atoms with E-state index in [9.17, 15) is 9.90 Å². The quantitative estimate of drug-likeness (QED) is 0.298. The van der Waals surface area contributed by atoms with Gasteiger partial charge in [0.2, 0.25) is 5.78 Å². The molecule has 0 saturated carbocycles. The van der Waals surface area contributed by atoms with Gasteiger partial charge in [0.15, 0.2) is 5.75 Å². The van der Waals surface area contributed by atoms with Gasteiger partial charge in [0.25, 0.3) is 0 Å². The number of ether oxygens (including phenoxy) is 1. The minimum absolute atomic E-state index is 0.136. The second-order valence-electron chi connectivity index (χ2n) is 8.64. The van der Waals surface area contributed by atoms with Gasteiger partial charge in [-0.05, 0) is 72.5 Å². The molecule has 1 aliphatic heterocycles. The maximum absolute atomic E-state index is 13.3. The average Bonchev–Trinajstić information content (AvgIpc) is 3.14. The van der Waals surface area contributed by atoms with Crippen molar-refractivity contribution in [2.24, 2.45) is 5.92 Å². The second kappa shape index (κ2) is 9.18. The van der Waals surface area contributed by atoms with Gasteiger partial charge < -0.3 is 14.7 Å². The van der Waals surface area contributed by atoms with Crippen molar-refractivity contribution in [1.29, 1.82) is 0 Å². The highest BCUT2D eigenvalue weighted by Crippen LogP contribution is 2.42. The van der Waals surface area contributed by atoms with Crippen LogP contribution in [0.3, 0.4) is 0 Å². The number of carbonyl (C=O) groups is 1. The predicted octanol–water partition coefficient (Wildman–Crippen LogP) is 6.78. The van der Waals surface area contributed by atoms with E-state index in [0.29, 0.717) is 27.0 Å². The van der Waals surface area contributed by atoms with E-state index in [1.54, 1.807) is 42.5 Å². The number of hydrogen-bond acceptors (Lipinski definition) is 5. The number of nitrogens with zero attached hydrogens (tertiary/aromatic N) is 1. The Bertz CT molecular complexity index is 1290. The van der Waals surface area contributed by atoms with E-state index in [4.69, 9.17) is 16.3 Å². The molecule has 33 heavy (non-hydrogen) atoms. The Morgan fingerprint density at radius 2 is 1.82 bits per heavy atom. The summed E-state index contributed by atoms with van der Waals surface area (Å²) < 4.78 is 7.06. The van der Waals surface area contributed by atoms with Crippen molar-refractivity contribution in [3.05, 3.63) is 87.8 Å². The summed E-state index contributed by atoms with van der Waals surface area (Å²) in [5.41, 5.74) is 1.80. The van der Waals surface area contributed by atoms with Gasteiger partial charge >= 0.3 is 0 Å². The van der Waals surface area contributed by atoms with Crippen molar-refractivity contribution in [3.63, 3.8) is 0 Å². The summed E-state index contributed by atoms with van der Waals surface area (Å²) in [5.74, 6) is 2.02. The van der Waals surface area contributed by atoms with Gasteiger partial charge in [-0.1, -0.05) is 30.7 Å². The number of carbonyl (C=O) groups excluding carboxylic acids is 1. The lowest BCUT2D eigenvalue weighted by molar-refractivity contribution is 0.104. The van der Waals surface area contributed by atoms with Gasteiger partial charge in [-0.25, -0.2) is 0 Å². The van der Waals surface area contributed by atoms with Crippen LogP contribution < -0.4 is 4.74 Å². The number of aromatic hydroxyl groups is 1. The maximum Gasteiger partial charge on any atom is 0.206 e. The molecule has 4 aromatic rings. The highest BCUT2D eigenvalue weighted by Gasteiger charge is 2.23. The molecule has 4 nitrogen and oxygen atoms in total. The summed E-state index contributed by atoms with van der Waals surface area (Å²) in [6.07, 6.45) is 1.01. The molecule has 0 amide bonds. The number of phenols is 1. The van der Waals surface area contributed by atoms with Gasteiger partial charge in [0.05, 0.1) is 0 Å². The Hall–Kier alpha value is -2.86. The van der Waals surface area contributed by atoms with Crippen LogP contribution >= 0.6 is 22.9 Å². The minimum atomic E-state index is -0.136. The first-order valence-corrected chi connectivity index (χ1v) is 12.2. The van der Waals surface area contributed by atoms with E-state index in [-0.39, 0.29) is 11.5 Å². The number of benzene rings is 3. The van der Waals surface area contributed by atoms with Crippen molar-refractivity contribution < 1.29 is 14.6 Å². The van der Waals surface area contributed by atoms with Crippen molar-refractivity contribution in [2.45, 2.75) is 13.3 Å². The number of halogens is 1. The van der Waals surface area contributed by atoms with Crippen molar-refractivity contribution >= 4 is 38.8 Å². The Labute approximate surface area is 202 Å².